The Morgan fingerprint density at radius 2 is 1.95 bits per heavy atom. The molecule has 1 heterocycles. The van der Waals surface area contributed by atoms with Gasteiger partial charge in [0.1, 0.15) is 11.3 Å². The third-order valence-corrected chi connectivity index (χ3v) is 3.87. The Labute approximate surface area is 115 Å². The Bertz CT molecular complexity index is 679. The molecular formula is C15H14N2OS. The summed E-state index contributed by atoms with van der Waals surface area (Å²) in [5.41, 5.74) is 2.17. The van der Waals surface area contributed by atoms with Crippen molar-refractivity contribution in [2.75, 3.05) is 12.4 Å². The zero-order valence-electron chi connectivity index (χ0n) is 10.6. The summed E-state index contributed by atoms with van der Waals surface area (Å²) < 4.78 is 6.45. The van der Waals surface area contributed by atoms with Crippen molar-refractivity contribution in [2.24, 2.45) is 0 Å². The highest BCUT2D eigenvalue weighted by Gasteiger charge is 2.07. The summed E-state index contributed by atoms with van der Waals surface area (Å²) in [5.74, 6) is 0.821. The minimum atomic E-state index is 0.781. The molecule has 0 radical (unpaired) electrons. The van der Waals surface area contributed by atoms with Crippen LogP contribution in [0.5, 0.6) is 5.75 Å². The van der Waals surface area contributed by atoms with E-state index in [1.54, 1.807) is 18.4 Å². The standard InChI is InChI=1S/C15H14N2OS/c1-18-12-8-5-9-13-14(12)17-15(19-13)16-10-11-6-3-2-4-7-11/h2-9H,10H2,1H3,(H,16,17). The molecule has 0 atom stereocenters. The predicted molar refractivity (Wildman–Crippen MR) is 79.9 cm³/mol. The topological polar surface area (TPSA) is 34.1 Å². The van der Waals surface area contributed by atoms with E-state index in [0.717, 1.165) is 27.6 Å². The molecule has 0 aliphatic heterocycles. The van der Waals surface area contributed by atoms with Crippen LogP contribution >= 0.6 is 11.3 Å². The van der Waals surface area contributed by atoms with E-state index in [9.17, 15) is 0 Å². The molecule has 19 heavy (non-hydrogen) atoms. The average Bonchev–Trinajstić information content (AvgIpc) is 2.89. The second-order valence-electron chi connectivity index (χ2n) is 4.17. The first-order valence-corrected chi connectivity index (χ1v) is 6.90. The third-order valence-electron chi connectivity index (χ3n) is 2.89. The van der Waals surface area contributed by atoms with Crippen LogP contribution in [-0.2, 0) is 6.54 Å². The summed E-state index contributed by atoms with van der Waals surface area (Å²) in [6.45, 7) is 0.781. The molecule has 0 aliphatic carbocycles. The highest BCUT2D eigenvalue weighted by atomic mass is 32.1. The van der Waals surface area contributed by atoms with Gasteiger partial charge in [0.15, 0.2) is 5.13 Å². The van der Waals surface area contributed by atoms with E-state index in [0.29, 0.717) is 0 Å². The minimum Gasteiger partial charge on any atom is -0.494 e. The molecule has 0 saturated heterocycles. The zero-order chi connectivity index (χ0) is 13.1. The smallest absolute Gasteiger partial charge is 0.184 e. The van der Waals surface area contributed by atoms with Crippen LogP contribution in [0.3, 0.4) is 0 Å². The molecule has 1 N–H and O–H groups in total. The Hall–Kier alpha value is -2.07. The molecule has 0 unspecified atom stereocenters. The summed E-state index contributed by atoms with van der Waals surface area (Å²) in [6, 6.07) is 16.3. The second kappa shape index (κ2) is 5.28. The Morgan fingerprint density at radius 1 is 1.11 bits per heavy atom. The number of hydrogen-bond acceptors (Lipinski definition) is 4. The fourth-order valence-electron chi connectivity index (χ4n) is 1.94. The lowest BCUT2D eigenvalue weighted by atomic mass is 10.2. The van der Waals surface area contributed by atoms with Crippen molar-refractivity contribution in [3.8, 4) is 5.75 Å². The van der Waals surface area contributed by atoms with Crippen LogP contribution < -0.4 is 10.1 Å². The van der Waals surface area contributed by atoms with E-state index in [-0.39, 0.29) is 0 Å². The molecule has 0 aliphatic rings. The monoisotopic (exact) mass is 270 g/mol. The molecule has 2 aromatic carbocycles. The van der Waals surface area contributed by atoms with Gasteiger partial charge in [0.2, 0.25) is 0 Å². The van der Waals surface area contributed by atoms with Crippen LogP contribution in [0, 0.1) is 0 Å². The van der Waals surface area contributed by atoms with Crippen molar-refractivity contribution in [2.45, 2.75) is 6.54 Å². The molecule has 3 aromatic rings. The van der Waals surface area contributed by atoms with Gasteiger partial charge in [0.25, 0.3) is 0 Å². The normalized spacial score (nSPS) is 10.6. The van der Waals surface area contributed by atoms with Crippen LogP contribution in [0.25, 0.3) is 10.2 Å². The fraction of sp³-hybridized carbons (Fsp3) is 0.133. The van der Waals surface area contributed by atoms with Gasteiger partial charge in [-0.15, -0.1) is 0 Å². The molecule has 0 fully saturated rings. The number of methoxy groups -OCH3 is 1. The maximum absolute atomic E-state index is 5.32. The predicted octanol–water partition coefficient (Wildman–Crippen LogP) is 3.92. The highest BCUT2D eigenvalue weighted by Crippen LogP contribution is 2.32. The number of hydrogen-bond donors (Lipinski definition) is 1. The number of benzene rings is 2. The fourth-order valence-corrected chi connectivity index (χ4v) is 2.82. The van der Waals surface area contributed by atoms with E-state index < -0.39 is 0 Å². The summed E-state index contributed by atoms with van der Waals surface area (Å²) in [6.07, 6.45) is 0. The lowest BCUT2D eigenvalue weighted by Crippen LogP contribution is -1.98. The third kappa shape index (κ3) is 2.53. The first-order valence-electron chi connectivity index (χ1n) is 6.08. The zero-order valence-corrected chi connectivity index (χ0v) is 11.4. The van der Waals surface area contributed by atoms with Crippen molar-refractivity contribution >= 4 is 26.7 Å². The van der Waals surface area contributed by atoms with Gasteiger partial charge >= 0.3 is 0 Å². The van der Waals surface area contributed by atoms with Gasteiger partial charge in [-0.3, -0.25) is 0 Å². The summed E-state index contributed by atoms with van der Waals surface area (Å²) in [4.78, 5) is 4.58. The number of fused-ring (bicyclic) bond motifs is 1. The van der Waals surface area contributed by atoms with Gasteiger partial charge in [-0.05, 0) is 17.7 Å². The molecule has 3 rings (SSSR count). The number of anilines is 1. The van der Waals surface area contributed by atoms with Gasteiger partial charge in [-0.2, -0.15) is 0 Å². The molecule has 1 aromatic heterocycles. The average molecular weight is 270 g/mol. The molecule has 0 bridgehead atoms. The van der Waals surface area contributed by atoms with E-state index in [4.69, 9.17) is 4.74 Å². The molecule has 0 saturated carbocycles. The largest absolute Gasteiger partial charge is 0.494 e. The number of para-hydroxylation sites is 1. The number of thiazole rings is 1. The summed E-state index contributed by atoms with van der Waals surface area (Å²) in [5, 5.41) is 4.27. The van der Waals surface area contributed by atoms with Crippen LogP contribution in [-0.4, -0.2) is 12.1 Å². The van der Waals surface area contributed by atoms with E-state index in [2.05, 4.69) is 28.5 Å². The quantitative estimate of drug-likeness (QED) is 0.780. The second-order valence-corrected chi connectivity index (χ2v) is 5.20. The van der Waals surface area contributed by atoms with E-state index in [1.807, 2.05) is 30.3 Å². The van der Waals surface area contributed by atoms with Crippen molar-refractivity contribution in [3.05, 3.63) is 54.1 Å². The lowest BCUT2D eigenvalue weighted by Gasteiger charge is -2.01. The Kier molecular flexibility index (Phi) is 3.33. The number of rotatable bonds is 4. The lowest BCUT2D eigenvalue weighted by molar-refractivity contribution is 0.419. The minimum absolute atomic E-state index is 0.781. The molecule has 96 valence electrons. The van der Waals surface area contributed by atoms with E-state index >= 15 is 0 Å². The number of nitrogens with zero attached hydrogens (tertiary/aromatic N) is 1. The van der Waals surface area contributed by atoms with Crippen LogP contribution in [0.1, 0.15) is 5.56 Å². The van der Waals surface area contributed by atoms with Crippen molar-refractivity contribution < 1.29 is 4.74 Å². The molecule has 0 spiro atoms. The van der Waals surface area contributed by atoms with Crippen LogP contribution in [0.15, 0.2) is 48.5 Å². The van der Waals surface area contributed by atoms with Gasteiger partial charge in [0, 0.05) is 6.54 Å². The molecule has 0 amide bonds. The maximum atomic E-state index is 5.32. The van der Waals surface area contributed by atoms with Gasteiger partial charge in [-0.1, -0.05) is 47.7 Å². The van der Waals surface area contributed by atoms with E-state index in [1.165, 1.54) is 5.56 Å². The molecular weight excluding hydrogens is 256 g/mol. The number of nitrogens with one attached hydrogen (secondary N) is 1. The SMILES string of the molecule is COc1cccc2sc(NCc3ccccc3)nc12. The number of ether oxygens (including phenoxy) is 1. The van der Waals surface area contributed by atoms with Crippen LogP contribution in [0.4, 0.5) is 5.13 Å². The maximum Gasteiger partial charge on any atom is 0.184 e. The number of aromatic nitrogens is 1. The van der Waals surface area contributed by atoms with Crippen molar-refractivity contribution in [1.29, 1.82) is 0 Å². The van der Waals surface area contributed by atoms with Crippen molar-refractivity contribution in [3.63, 3.8) is 0 Å². The van der Waals surface area contributed by atoms with Gasteiger partial charge < -0.3 is 10.1 Å². The van der Waals surface area contributed by atoms with Crippen LogP contribution in [0.2, 0.25) is 0 Å². The summed E-state index contributed by atoms with van der Waals surface area (Å²) in [7, 11) is 1.67. The Balaban J connectivity index is 1.82. The highest BCUT2D eigenvalue weighted by molar-refractivity contribution is 7.22. The molecule has 3 nitrogen and oxygen atoms in total. The summed E-state index contributed by atoms with van der Waals surface area (Å²) >= 11 is 1.64. The van der Waals surface area contributed by atoms with Gasteiger partial charge in [0.05, 0.1) is 11.8 Å². The Morgan fingerprint density at radius 3 is 2.74 bits per heavy atom. The first kappa shape index (κ1) is 12.0. The van der Waals surface area contributed by atoms with Gasteiger partial charge in [-0.25, -0.2) is 4.98 Å². The van der Waals surface area contributed by atoms with Crippen molar-refractivity contribution in [1.82, 2.24) is 4.98 Å². The first-order chi connectivity index (χ1) is 9.36. The molecule has 4 heteroatoms.